The summed E-state index contributed by atoms with van der Waals surface area (Å²) in [4.78, 5) is 18.9. The number of pyridine rings is 1. The average Bonchev–Trinajstić information content (AvgIpc) is 2.87. The van der Waals surface area contributed by atoms with E-state index in [1.807, 2.05) is 4.90 Å². The Bertz CT molecular complexity index is 1180. The molecule has 190 valence electrons. The molecule has 3 heterocycles. The van der Waals surface area contributed by atoms with E-state index in [0.29, 0.717) is 54.5 Å². The molecule has 1 aliphatic rings. The largest absolute Gasteiger partial charge is 0.489 e. The molecule has 1 N–H and O–H groups in total. The summed E-state index contributed by atoms with van der Waals surface area (Å²) in [6.45, 7) is 2.73. The Labute approximate surface area is 206 Å². The predicted molar refractivity (Wildman–Crippen MR) is 128 cm³/mol. The molecule has 2 aromatic heterocycles. The van der Waals surface area contributed by atoms with E-state index < -0.39 is 18.5 Å². The maximum absolute atomic E-state index is 13.2. The lowest BCUT2D eigenvalue weighted by atomic mass is 9.98. The van der Waals surface area contributed by atoms with E-state index in [2.05, 4.69) is 20.5 Å². The van der Waals surface area contributed by atoms with Gasteiger partial charge in [0.1, 0.15) is 11.9 Å². The van der Waals surface area contributed by atoms with Crippen LogP contribution in [-0.4, -0.2) is 53.6 Å². The molecule has 4 rings (SSSR count). The van der Waals surface area contributed by atoms with Crippen LogP contribution in [0.2, 0.25) is 0 Å². The normalized spacial score (nSPS) is 14.4. The van der Waals surface area contributed by atoms with Gasteiger partial charge in [0.25, 0.3) is 5.91 Å². The van der Waals surface area contributed by atoms with Gasteiger partial charge in [-0.15, -0.1) is 5.10 Å². The fraction of sp³-hybridized carbons (Fsp3) is 0.360. The number of carbonyl (C=O) groups is 1. The Hall–Kier alpha value is -3.89. The van der Waals surface area contributed by atoms with Crippen LogP contribution in [0.25, 0.3) is 0 Å². The molecule has 0 saturated carbocycles. The summed E-state index contributed by atoms with van der Waals surface area (Å²) >= 11 is 0. The number of anilines is 2. The van der Waals surface area contributed by atoms with E-state index in [1.165, 1.54) is 31.5 Å². The van der Waals surface area contributed by atoms with Crippen LogP contribution in [-0.2, 0) is 6.42 Å². The van der Waals surface area contributed by atoms with E-state index in [0.717, 1.165) is 0 Å². The summed E-state index contributed by atoms with van der Waals surface area (Å²) in [6.07, 6.45) is -1.14. The minimum Gasteiger partial charge on any atom is -0.489 e. The summed E-state index contributed by atoms with van der Waals surface area (Å²) in [5, 5.41) is 10.3. The summed E-state index contributed by atoms with van der Waals surface area (Å²) in [5.41, 5.74) is 1.74. The Morgan fingerprint density at radius 1 is 1.17 bits per heavy atom. The first-order valence-corrected chi connectivity index (χ1v) is 11.4. The van der Waals surface area contributed by atoms with Gasteiger partial charge in [0.05, 0.1) is 31.1 Å². The zero-order valence-corrected chi connectivity index (χ0v) is 19.9. The number of hydrogen-bond acceptors (Lipinski definition) is 7. The number of nitrogens with zero attached hydrogens (tertiary/aromatic N) is 4. The predicted octanol–water partition coefficient (Wildman–Crippen LogP) is 4.59. The zero-order chi connectivity index (χ0) is 25.7. The number of methoxy groups -OCH3 is 1. The van der Waals surface area contributed by atoms with Crippen LogP contribution in [0.1, 0.15) is 34.5 Å². The lowest BCUT2D eigenvalue weighted by molar-refractivity contribution is -0.127. The van der Waals surface area contributed by atoms with Crippen LogP contribution in [0.5, 0.6) is 11.6 Å². The number of alkyl halides is 3. The highest BCUT2D eigenvalue weighted by molar-refractivity contribution is 6.05. The van der Waals surface area contributed by atoms with Gasteiger partial charge in [-0.05, 0) is 42.3 Å². The van der Waals surface area contributed by atoms with Crippen molar-refractivity contribution in [1.82, 2.24) is 15.2 Å². The molecule has 0 spiro atoms. The fourth-order valence-corrected chi connectivity index (χ4v) is 4.21. The number of ether oxygens (including phenoxy) is 2. The second-order valence-corrected chi connectivity index (χ2v) is 8.44. The number of amides is 1. The van der Waals surface area contributed by atoms with Crippen molar-refractivity contribution in [2.45, 2.75) is 38.5 Å². The number of hydrogen-bond donors (Lipinski definition) is 1. The van der Waals surface area contributed by atoms with Gasteiger partial charge in [-0.25, -0.2) is 4.98 Å². The smallest absolute Gasteiger partial charge is 0.393 e. The van der Waals surface area contributed by atoms with Gasteiger partial charge < -0.3 is 19.7 Å². The summed E-state index contributed by atoms with van der Waals surface area (Å²) in [5.74, 6) is 0.620. The van der Waals surface area contributed by atoms with Gasteiger partial charge in [0, 0.05) is 38.2 Å². The molecule has 11 heteroatoms. The van der Waals surface area contributed by atoms with E-state index in [4.69, 9.17) is 9.47 Å². The van der Waals surface area contributed by atoms with Gasteiger partial charge in [-0.2, -0.15) is 18.3 Å². The Morgan fingerprint density at radius 3 is 2.56 bits per heavy atom. The number of piperidine rings is 1. The molecule has 36 heavy (non-hydrogen) atoms. The third-order valence-corrected chi connectivity index (χ3v) is 5.97. The average molecular weight is 502 g/mol. The molecule has 0 bridgehead atoms. The molecule has 1 amide bonds. The van der Waals surface area contributed by atoms with Crippen LogP contribution < -0.4 is 19.7 Å². The monoisotopic (exact) mass is 501 g/mol. The highest BCUT2D eigenvalue weighted by Crippen LogP contribution is 2.37. The molecule has 1 fully saturated rings. The number of nitrogens with one attached hydrogen (secondary N) is 1. The van der Waals surface area contributed by atoms with Gasteiger partial charge in [0.2, 0.25) is 5.88 Å². The van der Waals surface area contributed by atoms with E-state index >= 15 is 0 Å². The quantitative estimate of drug-likeness (QED) is 0.506. The molecule has 1 aliphatic heterocycles. The number of aromatic nitrogens is 3. The van der Waals surface area contributed by atoms with Gasteiger partial charge >= 0.3 is 6.18 Å². The number of halogens is 3. The minimum atomic E-state index is -4.35. The molecule has 8 nitrogen and oxygen atoms in total. The highest BCUT2D eigenvalue weighted by atomic mass is 19.4. The molecule has 3 aromatic rings. The molecule has 0 unspecified atom stereocenters. The van der Waals surface area contributed by atoms with Crippen molar-refractivity contribution in [2.75, 3.05) is 30.4 Å². The van der Waals surface area contributed by atoms with Crippen molar-refractivity contribution in [3.05, 3.63) is 65.6 Å². The second-order valence-electron chi connectivity index (χ2n) is 8.44. The maximum atomic E-state index is 13.2. The van der Waals surface area contributed by atoms with E-state index in [9.17, 15) is 18.0 Å². The molecule has 0 atom stereocenters. The van der Waals surface area contributed by atoms with E-state index in [1.54, 1.807) is 31.3 Å². The van der Waals surface area contributed by atoms with Crippen LogP contribution in [0.15, 0.2) is 48.8 Å². The summed E-state index contributed by atoms with van der Waals surface area (Å²) in [7, 11) is 1.54. The molecule has 1 saturated heterocycles. The standard InChI is InChI=1S/C25H26F3N5O3/c1-16-17(14-25(26,27)28)5-7-20(31-24(34)21-4-3-11-30-32-21)23(16)33-12-9-18(10-13-33)36-19-6-8-22(35-2)29-15-19/h3-8,11,15,18H,9-10,12-14H2,1-2H3,(H,31,34). The van der Waals surface area contributed by atoms with Crippen molar-refractivity contribution in [2.24, 2.45) is 0 Å². The van der Waals surface area contributed by atoms with Crippen molar-refractivity contribution >= 4 is 17.3 Å². The topological polar surface area (TPSA) is 89.5 Å². The van der Waals surface area contributed by atoms with Crippen LogP contribution in [0, 0.1) is 6.92 Å². The second kappa shape index (κ2) is 10.8. The first-order chi connectivity index (χ1) is 17.2. The number of benzene rings is 1. The Morgan fingerprint density at radius 2 is 1.94 bits per heavy atom. The van der Waals surface area contributed by atoms with Crippen molar-refractivity contribution < 1.29 is 27.4 Å². The molecular weight excluding hydrogens is 475 g/mol. The number of rotatable bonds is 7. The fourth-order valence-electron chi connectivity index (χ4n) is 4.21. The van der Waals surface area contributed by atoms with Gasteiger partial charge in [-0.1, -0.05) is 6.07 Å². The summed E-state index contributed by atoms with van der Waals surface area (Å²) in [6, 6.07) is 9.52. The minimum absolute atomic E-state index is 0.0762. The van der Waals surface area contributed by atoms with Crippen molar-refractivity contribution in [3.8, 4) is 11.6 Å². The first kappa shape index (κ1) is 25.2. The van der Waals surface area contributed by atoms with Gasteiger partial charge in [0.15, 0.2) is 5.69 Å². The first-order valence-electron chi connectivity index (χ1n) is 11.4. The molecule has 0 aliphatic carbocycles. The third-order valence-electron chi connectivity index (χ3n) is 5.97. The zero-order valence-electron chi connectivity index (χ0n) is 19.9. The van der Waals surface area contributed by atoms with Gasteiger partial charge in [-0.3, -0.25) is 4.79 Å². The van der Waals surface area contributed by atoms with Crippen LogP contribution in [0.3, 0.4) is 0 Å². The lowest BCUT2D eigenvalue weighted by Gasteiger charge is -2.36. The highest BCUT2D eigenvalue weighted by Gasteiger charge is 2.31. The molecule has 1 aromatic carbocycles. The van der Waals surface area contributed by atoms with Crippen LogP contribution >= 0.6 is 0 Å². The molecule has 0 radical (unpaired) electrons. The van der Waals surface area contributed by atoms with E-state index in [-0.39, 0.29) is 17.4 Å². The number of carbonyl (C=O) groups excluding carboxylic acids is 1. The molecular formula is C25H26F3N5O3. The van der Waals surface area contributed by atoms with Crippen molar-refractivity contribution in [3.63, 3.8) is 0 Å². The maximum Gasteiger partial charge on any atom is 0.393 e. The van der Waals surface area contributed by atoms with Crippen LogP contribution in [0.4, 0.5) is 24.5 Å². The third kappa shape index (κ3) is 6.21. The Balaban J connectivity index is 1.54. The lowest BCUT2D eigenvalue weighted by Crippen LogP contribution is -2.39. The summed E-state index contributed by atoms with van der Waals surface area (Å²) < 4.78 is 50.7. The SMILES string of the molecule is COc1ccc(OC2CCN(c3c(NC(=O)c4cccnn4)ccc(CC(F)(F)F)c3C)CC2)cn1. The Kier molecular flexibility index (Phi) is 7.56. The van der Waals surface area contributed by atoms with Crippen molar-refractivity contribution in [1.29, 1.82) is 0 Å².